The third-order valence-corrected chi connectivity index (χ3v) is 5.59. The van der Waals surface area contributed by atoms with Gasteiger partial charge in [0, 0.05) is 5.02 Å². The van der Waals surface area contributed by atoms with Gasteiger partial charge in [-0.05, 0) is 60.9 Å². The summed E-state index contributed by atoms with van der Waals surface area (Å²) in [5, 5.41) is 0.497. The van der Waals surface area contributed by atoms with Gasteiger partial charge in [0.25, 0.3) is 10.0 Å². The van der Waals surface area contributed by atoms with Crippen LogP contribution in [0, 0.1) is 13.8 Å². The Bertz CT molecular complexity index is 1010. The molecule has 0 bridgehead atoms. The van der Waals surface area contributed by atoms with Gasteiger partial charge in [0.1, 0.15) is 0 Å². The molecule has 1 N–H and O–H groups in total. The smallest absolute Gasteiger partial charge is 0.261 e. The Morgan fingerprint density at radius 2 is 1.52 bits per heavy atom. The van der Waals surface area contributed by atoms with Crippen molar-refractivity contribution in [3.05, 3.63) is 82.9 Å². The first kappa shape index (κ1) is 17.5. The maximum absolute atomic E-state index is 12.6. The molecule has 3 rings (SSSR count). The molecule has 0 aromatic heterocycles. The van der Waals surface area contributed by atoms with Crippen LogP contribution in [0.5, 0.6) is 0 Å². The second-order valence-corrected chi connectivity index (χ2v) is 8.08. The summed E-state index contributed by atoms with van der Waals surface area (Å²) in [6, 6.07) is 20.0. The molecule has 0 saturated carbocycles. The maximum atomic E-state index is 12.6. The number of nitrogens with one attached hydrogen (secondary N) is 1. The van der Waals surface area contributed by atoms with Crippen molar-refractivity contribution in [1.82, 2.24) is 0 Å². The van der Waals surface area contributed by atoms with Crippen molar-refractivity contribution in [3.63, 3.8) is 0 Å². The Balaban J connectivity index is 1.97. The molecule has 3 aromatic carbocycles. The molecule has 3 aromatic rings. The maximum Gasteiger partial charge on any atom is 0.261 e. The molecule has 5 heteroatoms. The Kier molecular flexibility index (Phi) is 4.84. The molecular formula is C20H18ClNO2S. The number of sulfonamides is 1. The number of hydrogen-bond acceptors (Lipinski definition) is 2. The minimum absolute atomic E-state index is 0.178. The van der Waals surface area contributed by atoms with E-state index in [2.05, 4.69) is 10.8 Å². The lowest BCUT2D eigenvalue weighted by Crippen LogP contribution is -2.13. The van der Waals surface area contributed by atoms with Crippen LogP contribution in [0.15, 0.2) is 71.6 Å². The van der Waals surface area contributed by atoms with Crippen molar-refractivity contribution in [2.45, 2.75) is 18.7 Å². The molecule has 0 amide bonds. The lowest BCUT2D eigenvalue weighted by molar-refractivity contribution is 0.601. The van der Waals surface area contributed by atoms with Gasteiger partial charge in [-0.15, -0.1) is 0 Å². The number of aryl methyl sites for hydroxylation is 2. The van der Waals surface area contributed by atoms with Crippen molar-refractivity contribution in [3.8, 4) is 11.1 Å². The monoisotopic (exact) mass is 371 g/mol. The van der Waals surface area contributed by atoms with Gasteiger partial charge in [0.15, 0.2) is 0 Å². The van der Waals surface area contributed by atoms with Crippen LogP contribution in [0.25, 0.3) is 11.1 Å². The summed E-state index contributed by atoms with van der Waals surface area (Å²) in [7, 11) is -3.67. The van der Waals surface area contributed by atoms with Crippen LogP contribution < -0.4 is 4.72 Å². The van der Waals surface area contributed by atoms with Crippen LogP contribution in [0.1, 0.15) is 11.1 Å². The topological polar surface area (TPSA) is 46.2 Å². The van der Waals surface area contributed by atoms with Gasteiger partial charge >= 0.3 is 0 Å². The Morgan fingerprint density at radius 3 is 2.20 bits per heavy atom. The molecule has 25 heavy (non-hydrogen) atoms. The van der Waals surface area contributed by atoms with Crippen LogP contribution in [0.3, 0.4) is 0 Å². The average Bonchev–Trinajstić information content (AvgIpc) is 2.57. The first-order valence-electron chi connectivity index (χ1n) is 7.81. The van der Waals surface area contributed by atoms with Gasteiger partial charge in [-0.3, -0.25) is 4.72 Å². The van der Waals surface area contributed by atoms with Crippen molar-refractivity contribution < 1.29 is 8.42 Å². The van der Waals surface area contributed by atoms with E-state index >= 15 is 0 Å². The molecule has 0 atom stereocenters. The summed E-state index contributed by atoms with van der Waals surface area (Å²) in [5.74, 6) is 0. The quantitative estimate of drug-likeness (QED) is 0.665. The highest BCUT2D eigenvalue weighted by atomic mass is 35.5. The normalized spacial score (nSPS) is 11.3. The molecule has 0 aliphatic carbocycles. The fourth-order valence-corrected chi connectivity index (χ4v) is 3.80. The Labute approximate surface area is 153 Å². The van der Waals surface area contributed by atoms with Crippen molar-refractivity contribution in [1.29, 1.82) is 0 Å². The van der Waals surface area contributed by atoms with Gasteiger partial charge in [-0.2, -0.15) is 0 Å². The second kappa shape index (κ2) is 6.90. The van der Waals surface area contributed by atoms with Gasteiger partial charge in [-0.25, -0.2) is 8.42 Å². The largest absolute Gasteiger partial charge is 0.279 e. The summed E-state index contributed by atoms with van der Waals surface area (Å²) >= 11 is 5.83. The third-order valence-electron chi connectivity index (χ3n) is 3.96. The van der Waals surface area contributed by atoms with Crippen LogP contribution in [0.4, 0.5) is 5.69 Å². The van der Waals surface area contributed by atoms with E-state index in [4.69, 9.17) is 11.6 Å². The van der Waals surface area contributed by atoms with Gasteiger partial charge in [0.2, 0.25) is 0 Å². The SMILES string of the molecule is Cc1cccc(-c2ccc(C)c(NS(=O)(=O)c3ccc(Cl)cc3)c2)c1. The van der Waals surface area contributed by atoms with Crippen molar-refractivity contribution in [2.75, 3.05) is 4.72 Å². The highest BCUT2D eigenvalue weighted by molar-refractivity contribution is 7.92. The zero-order valence-electron chi connectivity index (χ0n) is 14.0. The number of hydrogen-bond donors (Lipinski definition) is 1. The van der Waals surface area contributed by atoms with Crippen LogP contribution in [-0.2, 0) is 10.0 Å². The molecule has 128 valence electrons. The Morgan fingerprint density at radius 1 is 0.840 bits per heavy atom. The van der Waals surface area contributed by atoms with Crippen LogP contribution >= 0.6 is 11.6 Å². The standard InChI is InChI=1S/C20H18ClNO2S/c1-14-4-3-5-16(12-14)17-7-6-15(2)20(13-17)22-25(23,24)19-10-8-18(21)9-11-19/h3-13,22H,1-2H3. The molecule has 0 unspecified atom stereocenters. The predicted molar refractivity (Wildman–Crippen MR) is 104 cm³/mol. The molecule has 0 radical (unpaired) electrons. The number of benzene rings is 3. The van der Waals surface area contributed by atoms with Crippen molar-refractivity contribution in [2.24, 2.45) is 0 Å². The molecule has 0 aliphatic rings. The van der Waals surface area contributed by atoms with E-state index < -0.39 is 10.0 Å². The molecule has 0 fully saturated rings. The minimum atomic E-state index is -3.67. The van der Waals surface area contributed by atoms with E-state index in [1.807, 2.05) is 50.2 Å². The predicted octanol–water partition coefficient (Wildman–Crippen LogP) is 5.42. The van der Waals surface area contributed by atoms with Gasteiger partial charge in [-0.1, -0.05) is 53.6 Å². The second-order valence-electron chi connectivity index (χ2n) is 5.96. The summed E-state index contributed by atoms with van der Waals surface area (Å²) in [4.78, 5) is 0.178. The number of halogens is 1. The molecular weight excluding hydrogens is 354 g/mol. The molecule has 0 heterocycles. The van der Waals surface area contributed by atoms with E-state index in [0.29, 0.717) is 10.7 Å². The van der Waals surface area contributed by atoms with E-state index in [1.165, 1.54) is 12.1 Å². The van der Waals surface area contributed by atoms with E-state index in [9.17, 15) is 8.42 Å². The highest BCUT2D eigenvalue weighted by Crippen LogP contribution is 2.28. The zero-order valence-corrected chi connectivity index (χ0v) is 15.5. The van der Waals surface area contributed by atoms with Crippen LogP contribution in [0.2, 0.25) is 5.02 Å². The third kappa shape index (κ3) is 4.03. The van der Waals surface area contributed by atoms with Gasteiger partial charge < -0.3 is 0 Å². The average molecular weight is 372 g/mol. The molecule has 0 spiro atoms. The lowest BCUT2D eigenvalue weighted by Gasteiger charge is -2.13. The minimum Gasteiger partial charge on any atom is -0.279 e. The summed E-state index contributed by atoms with van der Waals surface area (Å²) in [6.45, 7) is 3.90. The Hall–Kier alpha value is -2.30. The first-order valence-corrected chi connectivity index (χ1v) is 9.67. The number of anilines is 1. The van der Waals surface area contributed by atoms with E-state index in [1.54, 1.807) is 12.1 Å². The van der Waals surface area contributed by atoms with E-state index in [-0.39, 0.29) is 4.90 Å². The summed E-state index contributed by atoms with van der Waals surface area (Å²) < 4.78 is 27.9. The summed E-state index contributed by atoms with van der Waals surface area (Å²) in [5.41, 5.74) is 4.58. The molecule has 3 nitrogen and oxygen atoms in total. The molecule has 0 saturated heterocycles. The van der Waals surface area contributed by atoms with E-state index in [0.717, 1.165) is 22.3 Å². The molecule has 0 aliphatic heterocycles. The highest BCUT2D eigenvalue weighted by Gasteiger charge is 2.15. The van der Waals surface area contributed by atoms with Gasteiger partial charge in [0.05, 0.1) is 10.6 Å². The number of rotatable bonds is 4. The van der Waals surface area contributed by atoms with Crippen LogP contribution in [-0.4, -0.2) is 8.42 Å². The fourth-order valence-electron chi connectivity index (χ4n) is 2.55. The first-order chi connectivity index (χ1) is 11.8. The lowest BCUT2D eigenvalue weighted by atomic mass is 10.0. The fraction of sp³-hybridized carbons (Fsp3) is 0.100. The summed E-state index contributed by atoms with van der Waals surface area (Å²) in [6.07, 6.45) is 0. The zero-order chi connectivity index (χ0) is 18.0. The van der Waals surface area contributed by atoms with Crippen molar-refractivity contribution >= 4 is 27.3 Å².